The molecule has 1 atom stereocenters. The van der Waals surface area contributed by atoms with Crippen molar-refractivity contribution >= 4 is 17.6 Å². The molecule has 1 aromatic rings. The van der Waals surface area contributed by atoms with Crippen molar-refractivity contribution in [2.45, 2.75) is 19.9 Å². The van der Waals surface area contributed by atoms with Crippen LogP contribution < -0.4 is 5.32 Å². The van der Waals surface area contributed by atoms with Crippen LogP contribution in [0.25, 0.3) is 0 Å². The Labute approximate surface area is 136 Å². The SMILES string of the molecule is Cc1cccc(NC(=O)CN(C)C(C)C(=O)N2CCOCC2)n1. The molecule has 0 bridgehead atoms. The minimum atomic E-state index is -0.357. The molecule has 1 aliphatic rings. The third-order valence-electron chi connectivity index (χ3n) is 3.89. The smallest absolute Gasteiger partial charge is 0.239 e. The first-order chi connectivity index (χ1) is 11.0. The van der Waals surface area contributed by atoms with Crippen molar-refractivity contribution < 1.29 is 14.3 Å². The van der Waals surface area contributed by atoms with E-state index in [-0.39, 0.29) is 24.4 Å². The molecule has 1 unspecified atom stereocenters. The molecular weight excluding hydrogens is 296 g/mol. The Hall–Kier alpha value is -1.99. The fourth-order valence-electron chi connectivity index (χ4n) is 2.39. The number of hydrogen-bond acceptors (Lipinski definition) is 5. The van der Waals surface area contributed by atoms with Gasteiger partial charge in [0, 0.05) is 18.8 Å². The summed E-state index contributed by atoms with van der Waals surface area (Å²) in [6.07, 6.45) is 0. The van der Waals surface area contributed by atoms with Crippen molar-refractivity contribution in [3.8, 4) is 0 Å². The van der Waals surface area contributed by atoms with E-state index < -0.39 is 0 Å². The average molecular weight is 320 g/mol. The van der Waals surface area contributed by atoms with Crippen molar-refractivity contribution in [3.05, 3.63) is 23.9 Å². The van der Waals surface area contributed by atoms with E-state index in [4.69, 9.17) is 4.74 Å². The topological polar surface area (TPSA) is 74.8 Å². The van der Waals surface area contributed by atoms with Gasteiger partial charge in [-0.3, -0.25) is 14.5 Å². The largest absolute Gasteiger partial charge is 0.378 e. The Kier molecular flexibility index (Phi) is 6.06. The van der Waals surface area contributed by atoms with E-state index in [0.717, 1.165) is 5.69 Å². The first-order valence-corrected chi connectivity index (χ1v) is 7.77. The van der Waals surface area contributed by atoms with Crippen LogP contribution in [0.5, 0.6) is 0 Å². The average Bonchev–Trinajstić information content (AvgIpc) is 2.54. The molecule has 0 radical (unpaired) electrons. The normalized spacial score (nSPS) is 16.3. The van der Waals surface area contributed by atoms with E-state index >= 15 is 0 Å². The standard InChI is InChI=1S/C16H24N4O3/c1-12-5-4-6-14(17-12)18-15(21)11-19(3)13(2)16(22)20-7-9-23-10-8-20/h4-6,13H,7-11H2,1-3H3,(H,17,18,21). The molecule has 1 N–H and O–H groups in total. The Morgan fingerprint density at radius 3 is 2.74 bits per heavy atom. The summed E-state index contributed by atoms with van der Waals surface area (Å²) in [5, 5.41) is 2.75. The monoisotopic (exact) mass is 320 g/mol. The second kappa shape index (κ2) is 8.03. The van der Waals surface area contributed by atoms with Crippen LogP contribution in [-0.2, 0) is 14.3 Å². The zero-order valence-corrected chi connectivity index (χ0v) is 13.9. The van der Waals surface area contributed by atoms with Crippen LogP contribution in [0.3, 0.4) is 0 Å². The number of aromatic nitrogens is 1. The first kappa shape index (κ1) is 17.4. The van der Waals surface area contributed by atoms with Crippen LogP contribution in [0.2, 0.25) is 0 Å². The van der Waals surface area contributed by atoms with E-state index in [2.05, 4.69) is 10.3 Å². The van der Waals surface area contributed by atoms with Crippen LogP contribution >= 0.6 is 0 Å². The molecule has 23 heavy (non-hydrogen) atoms. The Balaban J connectivity index is 1.85. The predicted octanol–water partition coefficient (Wildman–Crippen LogP) is 0.508. The summed E-state index contributed by atoms with van der Waals surface area (Å²) in [4.78, 5) is 32.3. The van der Waals surface area contributed by atoms with Gasteiger partial charge in [0.2, 0.25) is 11.8 Å². The van der Waals surface area contributed by atoms with Crippen LogP contribution in [0.4, 0.5) is 5.82 Å². The number of hydrogen-bond donors (Lipinski definition) is 1. The summed E-state index contributed by atoms with van der Waals surface area (Å²) in [7, 11) is 1.77. The molecule has 2 amide bonds. The summed E-state index contributed by atoms with van der Waals surface area (Å²) >= 11 is 0. The van der Waals surface area contributed by atoms with Crippen molar-refractivity contribution in [2.75, 3.05) is 45.2 Å². The van der Waals surface area contributed by atoms with Crippen LogP contribution in [-0.4, -0.2) is 72.5 Å². The minimum Gasteiger partial charge on any atom is -0.378 e. The highest BCUT2D eigenvalue weighted by Gasteiger charge is 2.26. The second-order valence-electron chi connectivity index (χ2n) is 5.74. The van der Waals surface area contributed by atoms with Gasteiger partial charge in [0.25, 0.3) is 0 Å². The van der Waals surface area contributed by atoms with Gasteiger partial charge < -0.3 is 15.0 Å². The molecule has 1 saturated heterocycles. The maximum Gasteiger partial charge on any atom is 0.239 e. The molecule has 1 aliphatic heterocycles. The van der Waals surface area contributed by atoms with Crippen molar-refractivity contribution in [1.82, 2.24) is 14.8 Å². The van der Waals surface area contributed by atoms with E-state index in [1.165, 1.54) is 0 Å². The number of rotatable bonds is 5. The van der Waals surface area contributed by atoms with Crippen molar-refractivity contribution in [3.63, 3.8) is 0 Å². The lowest BCUT2D eigenvalue weighted by molar-refractivity contribution is -0.140. The highest BCUT2D eigenvalue weighted by molar-refractivity contribution is 5.92. The molecule has 0 spiro atoms. The van der Waals surface area contributed by atoms with Crippen LogP contribution in [0.1, 0.15) is 12.6 Å². The molecule has 1 fully saturated rings. The van der Waals surface area contributed by atoms with Crippen LogP contribution in [0.15, 0.2) is 18.2 Å². The highest BCUT2D eigenvalue weighted by Crippen LogP contribution is 2.07. The van der Waals surface area contributed by atoms with E-state index in [0.29, 0.717) is 32.1 Å². The Morgan fingerprint density at radius 2 is 2.09 bits per heavy atom. The Morgan fingerprint density at radius 1 is 1.39 bits per heavy atom. The van der Waals surface area contributed by atoms with Gasteiger partial charge in [-0.15, -0.1) is 0 Å². The number of ether oxygens (including phenoxy) is 1. The first-order valence-electron chi connectivity index (χ1n) is 7.77. The van der Waals surface area contributed by atoms with E-state index in [9.17, 15) is 9.59 Å². The van der Waals surface area contributed by atoms with Crippen molar-refractivity contribution in [2.24, 2.45) is 0 Å². The number of amides is 2. The Bertz CT molecular complexity index is 558. The number of nitrogens with zero attached hydrogens (tertiary/aromatic N) is 3. The van der Waals surface area contributed by atoms with Crippen LogP contribution in [0, 0.1) is 6.92 Å². The number of likely N-dealkylation sites (N-methyl/N-ethyl adjacent to an activating group) is 1. The van der Waals surface area contributed by atoms with Gasteiger partial charge in [0.1, 0.15) is 5.82 Å². The van der Waals surface area contributed by atoms with E-state index in [1.807, 2.05) is 26.0 Å². The molecule has 2 rings (SSSR count). The van der Waals surface area contributed by atoms with E-state index in [1.54, 1.807) is 22.9 Å². The maximum absolute atomic E-state index is 12.4. The highest BCUT2D eigenvalue weighted by atomic mass is 16.5. The molecule has 2 heterocycles. The summed E-state index contributed by atoms with van der Waals surface area (Å²) in [6, 6.07) is 5.09. The number of pyridine rings is 1. The summed E-state index contributed by atoms with van der Waals surface area (Å²) < 4.78 is 5.25. The van der Waals surface area contributed by atoms with Gasteiger partial charge in [0.15, 0.2) is 0 Å². The van der Waals surface area contributed by atoms with Crippen molar-refractivity contribution in [1.29, 1.82) is 0 Å². The molecule has 126 valence electrons. The van der Waals surface area contributed by atoms with Gasteiger partial charge in [-0.2, -0.15) is 0 Å². The number of nitrogens with one attached hydrogen (secondary N) is 1. The van der Waals surface area contributed by atoms with Gasteiger partial charge in [-0.25, -0.2) is 4.98 Å². The zero-order chi connectivity index (χ0) is 16.8. The second-order valence-corrected chi connectivity index (χ2v) is 5.74. The van der Waals surface area contributed by atoms with Gasteiger partial charge >= 0.3 is 0 Å². The quantitative estimate of drug-likeness (QED) is 0.855. The third-order valence-corrected chi connectivity index (χ3v) is 3.89. The lowest BCUT2D eigenvalue weighted by atomic mass is 10.2. The summed E-state index contributed by atoms with van der Waals surface area (Å²) in [5.74, 6) is 0.361. The molecule has 0 saturated carbocycles. The lowest BCUT2D eigenvalue weighted by Gasteiger charge is -2.32. The molecule has 7 nitrogen and oxygen atoms in total. The maximum atomic E-state index is 12.4. The van der Waals surface area contributed by atoms with Gasteiger partial charge in [-0.05, 0) is 33.0 Å². The minimum absolute atomic E-state index is 0.0253. The summed E-state index contributed by atoms with van der Waals surface area (Å²) in [5.41, 5.74) is 0.840. The predicted molar refractivity (Wildman–Crippen MR) is 87.1 cm³/mol. The number of anilines is 1. The molecule has 0 aromatic carbocycles. The molecule has 0 aliphatic carbocycles. The zero-order valence-electron chi connectivity index (χ0n) is 13.9. The number of morpholine rings is 1. The van der Waals surface area contributed by atoms with Gasteiger partial charge in [0.05, 0.1) is 25.8 Å². The summed E-state index contributed by atoms with van der Waals surface area (Å²) in [6.45, 7) is 6.17. The molecule has 1 aromatic heterocycles. The number of carbonyl (C=O) groups is 2. The number of aryl methyl sites for hydroxylation is 1. The fourth-order valence-corrected chi connectivity index (χ4v) is 2.39. The number of carbonyl (C=O) groups excluding carboxylic acids is 2. The third kappa shape index (κ3) is 5.01. The fraction of sp³-hybridized carbons (Fsp3) is 0.562. The van der Waals surface area contributed by atoms with Gasteiger partial charge in [-0.1, -0.05) is 6.07 Å². The molecular formula is C16H24N4O3. The lowest BCUT2D eigenvalue weighted by Crippen LogP contribution is -2.50. The molecule has 7 heteroatoms.